The number of methoxy groups -OCH3 is 2. The van der Waals surface area contributed by atoms with Crippen LogP contribution in [-0.2, 0) is 17.6 Å². The van der Waals surface area contributed by atoms with Crippen molar-refractivity contribution in [1.82, 2.24) is 4.98 Å². The summed E-state index contributed by atoms with van der Waals surface area (Å²) in [5.74, 6) is 1.28. The van der Waals surface area contributed by atoms with Crippen molar-refractivity contribution in [2.75, 3.05) is 14.2 Å². The first-order valence-electron chi connectivity index (χ1n) is 8.40. The van der Waals surface area contributed by atoms with E-state index < -0.39 is 11.7 Å². The van der Waals surface area contributed by atoms with E-state index in [1.54, 1.807) is 37.8 Å². The van der Waals surface area contributed by atoms with Crippen LogP contribution in [0.2, 0.25) is 0 Å². The summed E-state index contributed by atoms with van der Waals surface area (Å²) in [7, 11) is 3.12. The zero-order valence-corrected chi connectivity index (χ0v) is 16.4. The maximum absolute atomic E-state index is 12.7. The van der Waals surface area contributed by atoms with Crippen LogP contribution in [0.5, 0.6) is 11.5 Å². The standard InChI is InChI=1S/C20H17F3N2O3S/c1-26-17-7-8-18(27-2)14(9-17)10-24-28-11-16-12-29-19(25-16)13-3-5-15(6-4-13)20(21,22)23/h3-10,12H,11H2,1-2H3/b24-10+. The Labute approximate surface area is 169 Å². The fraction of sp³-hybridized carbons (Fsp3) is 0.200. The lowest BCUT2D eigenvalue weighted by molar-refractivity contribution is -0.137. The highest BCUT2D eigenvalue weighted by molar-refractivity contribution is 7.13. The number of oxime groups is 1. The molecular formula is C20H17F3N2O3S. The third-order valence-electron chi connectivity index (χ3n) is 3.93. The summed E-state index contributed by atoms with van der Waals surface area (Å²) < 4.78 is 48.4. The third-order valence-corrected chi connectivity index (χ3v) is 4.87. The molecule has 0 aliphatic carbocycles. The maximum atomic E-state index is 12.7. The molecule has 0 N–H and O–H groups in total. The van der Waals surface area contributed by atoms with E-state index in [1.165, 1.54) is 29.7 Å². The molecule has 0 saturated heterocycles. The third kappa shape index (κ3) is 5.26. The van der Waals surface area contributed by atoms with Crippen molar-refractivity contribution in [3.63, 3.8) is 0 Å². The Bertz CT molecular complexity index is 985. The van der Waals surface area contributed by atoms with Crippen molar-refractivity contribution in [3.05, 3.63) is 64.7 Å². The lowest BCUT2D eigenvalue weighted by Crippen LogP contribution is -2.03. The molecule has 29 heavy (non-hydrogen) atoms. The number of ether oxygens (including phenoxy) is 2. The molecular weight excluding hydrogens is 405 g/mol. The number of hydrogen-bond acceptors (Lipinski definition) is 6. The minimum Gasteiger partial charge on any atom is -0.497 e. The average Bonchev–Trinajstić information content (AvgIpc) is 3.19. The van der Waals surface area contributed by atoms with Gasteiger partial charge >= 0.3 is 6.18 Å². The first-order valence-corrected chi connectivity index (χ1v) is 9.28. The van der Waals surface area contributed by atoms with Gasteiger partial charge in [-0.1, -0.05) is 17.3 Å². The summed E-state index contributed by atoms with van der Waals surface area (Å²) in [4.78, 5) is 9.65. The molecule has 0 atom stereocenters. The van der Waals surface area contributed by atoms with E-state index in [0.29, 0.717) is 33.3 Å². The number of halogens is 3. The highest BCUT2D eigenvalue weighted by Crippen LogP contribution is 2.31. The van der Waals surface area contributed by atoms with E-state index in [-0.39, 0.29) is 6.61 Å². The first kappa shape index (κ1) is 20.7. The van der Waals surface area contributed by atoms with E-state index in [2.05, 4.69) is 10.1 Å². The number of aromatic nitrogens is 1. The lowest BCUT2D eigenvalue weighted by atomic mass is 10.1. The van der Waals surface area contributed by atoms with Crippen molar-refractivity contribution in [3.8, 4) is 22.1 Å². The van der Waals surface area contributed by atoms with Crippen molar-refractivity contribution in [1.29, 1.82) is 0 Å². The monoisotopic (exact) mass is 422 g/mol. The van der Waals surface area contributed by atoms with Crippen LogP contribution in [0.1, 0.15) is 16.8 Å². The number of thiazole rings is 1. The first-order chi connectivity index (χ1) is 13.9. The Morgan fingerprint density at radius 3 is 2.48 bits per heavy atom. The van der Waals surface area contributed by atoms with Gasteiger partial charge in [0.15, 0.2) is 6.61 Å². The summed E-state index contributed by atoms with van der Waals surface area (Å²) in [5, 5.41) is 6.30. The molecule has 0 fully saturated rings. The van der Waals surface area contributed by atoms with Gasteiger partial charge in [-0.15, -0.1) is 11.3 Å². The number of nitrogens with zero attached hydrogens (tertiary/aromatic N) is 2. The summed E-state index contributed by atoms with van der Waals surface area (Å²) in [6.07, 6.45) is -2.85. The molecule has 0 aliphatic rings. The number of benzene rings is 2. The Balaban J connectivity index is 1.62. The predicted molar refractivity (Wildman–Crippen MR) is 104 cm³/mol. The Hall–Kier alpha value is -3.07. The Morgan fingerprint density at radius 2 is 1.83 bits per heavy atom. The van der Waals surface area contributed by atoms with Gasteiger partial charge in [0.2, 0.25) is 0 Å². The fourth-order valence-electron chi connectivity index (χ4n) is 2.45. The molecule has 0 aliphatic heterocycles. The number of hydrogen-bond donors (Lipinski definition) is 0. The highest BCUT2D eigenvalue weighted by Gasteiger charge is 2.30. The second kappa shape index (κ2) is 8.95. The molecule has 152 valence electrons. The van der Waals surface area contributed by atoms with Crippen LogP contribution in [0, 0.1) is 0 Å². The largest absolute Gasteiger partial charge is 0.497 e. The molecule has 3 aromatic rings. The molecule has 1 aromatic heterocycles. The second-order valence-electron chi connectivity index (χ2n) is 5.83. The van der Waals surface area contributed by atoms with Crippen LogP contribution in [0.15, 0.2) is 53.0 Å². The Morgan fingerprint density at radius 1 is 1.07 bits per heavy atom. The molecule has 0 saturated carbocycles. The quantitative estimate of drug-likeness (QED) is 0.378. The van der Waals surface area contributed by atoms with E-state index >= 15 is 0 Å². The van der Waals surface area contributed by atoms with Gasteiger partial charge in [-0.3, -0.25) is 0 Å². The molecule has 0 radical (unpaired) electrons. The maximum Gasteiger partial charge on any atom is 0.416 e. The lowest BCUT2D eigenvalue weighted by Gasteiger charge is -2.06. The van der Waals surface area contributed by atoms with Crippen LogP contribution in [0.3, 0.4) is 0 Å². The number of alkyl halides is 3. The molecule has 0 amide bonds. The molecule has 5 nitrogen and oxygen atoms in total. The summed E-state index contributed by atoms with van der Waals surface area (Å²) in [5.41, 5.74) is 1.23. The van der Waals surface area contributed by atoms with Crippen LogP contribution in [0.4, 0.5) is 13.2 Å². The van der Waals surface area contributed by atoms with Crippen molar-refractivity contribution in [2.45, 2.75) is 12.8 Å². The van der Waals surface area contributed by atoms with Gasteiger partial charge in [-0.05, 0) is 30.3 Å². The Kier molecular flexibility index (Phi) is 6.38. The fourth-order valence-corrected chi connectivity index (χ4v) is 3.26. The summed E-state index contributed by atoms with van der Waals surface area (Å²) >= 11 is 1.32. The zero-order valence-electron chi connectivity index (χ0n) is 15.6. The molecule has 0 unspecified atom stereocenters. The van der Waals surface area contributed by atoms with Crippen LogP contribution < -0.4 is 9.47 Å². The van der Waals surface area contributed by atoms with Crippen molar-refractivity contribution < 1.29 is 27.5 Å². The zero-order chi connectivity index (χ0) is 20.9. The summed E-state index contributed by atoms with van der Waals surface area (Å²) in [6.45, 7) is 0.125. The van der Waals surface area contributed by atoms with Crippen LogP contribution in [0.25, 0.3) is 10.6 Å². The van der Waals surface area contributed by atoms with Gasteiger partial charge in [0.25, 0.3) is 0 Å². The van der Waals surface area contributed by atoms with Gasteiger partial charge in [-0.2, -0.15) is 13.2 Å². The second-order valence-corrected chi connectivity index (χ2v) is 6.69. The van der Waals surface area contributed by atoms with Crippen LogP contribution >= 0.6 is 11.3 Å². The van der Waals surface area contributed by atoms with E-state index in [1.807, 2.05) is 0 Å². The smallest absolute Gasteiger partial charge is 0.416 e. The van der Waals surface area contributed by atoms with Crippen molar-refractivity contribution in [2.24, 2.45) is 5.16 Å². The topological polar surface area (TPSA) is 52.9 Å². The van der Waals surface area contributed by atoms with Gasteiger partial charge in [0.05, 0.1) is 31.7 Å². The van der Waals surface area contributed by atoms with E-state index in [0.717, 1.165) is 12.1 Å². The van der Waals surface area contributed by atoms with Gasteiger partial charge in [0, 0.05) is 16.5 Å². The van der Waals surface area contributed by atoms with E-state index in [4.69, 9.17) is 14.3 Å². The minimum absolute atomic E-state index is 0.125. The molecule has 9 heteroatoms. The molecule has 1 heterocycles. The predicted octanol–water partition coefficient (Wildman–Crippen LogP) is 5.40. The molecule has 3 rings (SSSR count). The molecule has 2 aromatic carbocycles. The summed E-state index contributed by atoms with van der Waals surface area (Å²) in [6, 6.07) is 10.2. The highest BCUT2D eigenvalue weighted by atomic mass is 32.1. The van der Waals surface area contributed by atoms with Crippen molar-refractivity contribution >= 4 is 17.6 Å². The SMILES string of the molecule is COc1ccc(OC)c(/C=N/OCc2csc(-c3ccc(C(F)(F)F)cc3)n2)c1. The van der Waals surface area contributed by atoms with Gasteiger partial charge in [0.1, 0.15) is 16.5 Å². The molecule has 0 bridgehead atoms. The van der Waals surface area contributed by atoms with Crippen LogP contribution in [-0.4, -0.2) is 25.4 Å². The van der Waals surface area contributed by atoms with Gasteiger partial charge < -0.3 is 14.3 Å². The number of rotatable bonds is 7. The average molecular weight is 422 g/mol. The van der Waals surface area contributed by atoms with E-state index in [9.17, 15) is 13.2 Å². The molecule has 0 spiro atoms. The minimum atomic E-state index is -4.36. The van der Waals surface area contributed by atoms with Gasteiger partial charge in [-0.25, -0.2) is 4.98 Å². The normalized spacial score (nSPS) is 11.6.